The van der Waals surface area contributed by atoms with Gasteiger partial charge < -0.3 is 20.3 Å². The maximum absolute atomic E-state index is 12.4. The first-order valence-electron chi connectivity index (χ1n) is 8.12. The Morgan fingerprint density at radius 1 is 1.26 bits per heavy atom. The summed E-state index contributed by atoms with van der Waals surface area (Å²) in [6.07, 6.45) is 0.653. The van der Waals surface area contributed by atoms with E-state index in [0.717, 1.165) is 0 Å². The molecule has 1 fully saturated rings. The Kier molecular flexibility index (Phi) is 4.93. The van der Waals surface area contributed by atoms with Crippen LogP contribution >= 0.6 is 0 Å². The van der Waals surface area contributed by atoms with E-state index in [1.807, 2.05) is 12.1 Å². The Bertz CT molecular complexity index is 584. The van der Waals surface area contributed by atoms with Crippen LogP contribution in [0.4, 0.5) is 0 Å². The molecule has 0 saturated carbocycles. The number of carbonyl (C=O) groups excluding carboxylic acids is 2. The molecule has 0 bridgehead atoms. The SMILES string of the molecule is CC(NC(=O)C1Cc2ccccc2CN1)C(=O)N1CCOCC1. The normalized spacial score (nSPS) is 22.1. The van der Waals surface area contributed by atoms with Gasteiger partial charge in [-0.1, -0.05) is 24.3 Å². The topological polar surface area (TPSA) is 70.7 Å². The molecule has 1 aromatic rings. The summed E-state index contributed by atoms with van der Waals surface area (Å²) in [7, 11) is 0. The lowest BCUT2D eigenvalue weighted by Gasteiger charge is -2.31. The molecule has 2 unspecified atom stereocenters. The molecule has 2 atom stereocenters. The molecule has 2 aliphatic heterocycles. The fourth-order valence-corrected chi connectivity index (χ4v) is 3.07. The molecule has 3 rings (SSSR count). The summed E-state index contributed by atoms with van der Waals surface area (Å²) >= 11 is 0. The smallest absolute Gasteiger partial charge is 0.245 e. The van der Waals surface area contributed by atoms with Crippen molar-refractivity contribution in [2.75, 3.05) is 26.3 Å². The van der Waals surface area contributed by atoms with E-state index < -0.39 is 6.04 Å². The van der Waals surface area contributed by atoms with Crippen LogP contribution < -0.4 is 10.6 Å². The van der Waals surface area contributed by atoms with E-state index in [-0.39, 0.29) is 17.9 Å². The molecule has 1 aromatic carbocycles. The molecule has 1 saturated heterocycles. The maximum Gasteiger partial charge on any atom is 0.245 e. The number of ether oxygens (including phenoxy) is 1. The summed E-state index contributed by atoms with van der Waals surface area (Å²) in [6.45, 7) is 4.73. The van der Waals surface area contributed by atoms with Gasteiger partial charge in [-0.25, -0.2) is 0 Å². The predicted octanol–water partition coefficient (Wildman–Crippen LogP) is 0.0644. The lowest BCUT2D eigenvalue weighted by molar-refractivity contribution is -0.139. The highest BCUT2D eigenvalue weighted by molar-refractivity contribution is 5.89. The molecule has 0 aliphatic carbocycles. The van der Waals surface area contributed by atoms with Gasteiger partial charge in [0.1, 0.15) is 6.04 Å². The van der Waals surface area contributed by atoms with Gasteiger partial charge in [0.15, 0.2) is 0 Å². The van der Waals surface area contributed by atoms with Crippen LogP contribution in [0.3, 0.4) is 0 Å². The minimum atomic E-state index is -0.514. The van der Waals surface area contributed by atoms with Gasteiger partial charge in [0.05, 0.1) is 19.3 Å². The van der Waals surface area contributed by atoms with Crippen LogP contribution in [-0.2, 0) is 27.3 Å². The monoisotopic (exact) mass is 317 g/mol. The zero-order valence-electron chi connectivity index (χ0n) is 13.4. The molecule has 124 valence electrons. The third-order valence-electron chi connectivity index (χ3n) is 4.45. The molecule has 2 amide bonds. The van der Waals surface area contributed by atoms with Crippen LogP contribution in [0, 0.1) is 0 Å². The van der Waals surface area contributed by atoms with Gasteiger partial charge in [0.2, 0.25) is 11.8 Å². The summed E-state index contributed by atoms with van der Waals surface area (Å²) in [4.78, 5) is 26.5. The third kappa shape index (κ3) is 3.71. The first-order valence-corrected chi connectivity index (χ1v) is 8.12. The van der Waals surface area contributed by atoms with Gasteiger partial charge in [0, 0.05) is 19.6 Å². The largest absolute Gasteiger partial charge is 0.378 e. The van der Waals surface area contributed by atoms with Crippen molar-refractivity contribution in [1.82, 2.24) is 15.5 Å². The van der Waals surface area contributed by atoms with E-state index in [0.29, 0.717) is 39.3 Å². The van der Waals surface area contributed by atoms with E-state index >= 15 is 0 Å². The fourth-order valence-electron chi connectivity index (χ4n) is 3.07. The van der Waals surface area contributed by atoms with Crippen molar-refractivity contribution < 1.29 is 14.3 Å². The highest BCUT2D eigenvalue weighted by Gasteiger charge is 2.28. The quantitative estimate of drug-likeness (QED) is 0.827. The zero-order chi connectivity index (χ0) is 16.2. The number of fused-ring (bicyclic) bond motifs is 1. The van der Waals surface area contributed by atoms with Gasteiger partial charge in [0.25, 0.3) is 0 Å². The van der Waals surface area contributed by atoms with Crippen molar-refractivity contribution in [3.8, 4) is 0 Å². The second-order valence-electron chi connectivity index (χ2n) is 6.07. The van der Waals surface area contributed by atoms with Gasteiger partial charge in [-0.15, -0.1) is 0 Å². The van der Waals surface area contributed by atoms with Crippen molar-refractivity contribution in [3.63, 3.8) is 0 Å². The molecule has 0 aromatic heterocycles. The van der Waals surface area contributed by atoms with Gasteiger partial charge >= 0.3 is 0 Å². The first-order chi connectivity index (χ1) is 11.1. The minimum absolute atomic E-state index is 0.0436. The van der Waals surface area contributed by atoms with Crippen LogP contribution in [-0.4, -0.2) is 55.1 Å². The number of morpholine rings is 1. The first kappa shape index (κ1) is 16.0. The summed E-state index contributed by atoms with van der Waals surface area (Å²) < 4.78 is 5.25. The number of nitrogens with zero attached hydrogens (tertiary/aromatic N) is 1. The Balaban J connectivity index is 1.55. The average Bonchev–Trinajstić information content (AvgIpc) is 2.61. The molecule has 6 nitrogen and oxygen atoms in total. The average molecular weight is 317 g/mol. The van der Waals surface area contributed by atoms with Crippen LogP contribution in [0.25, 0.3) is 0 Å². The van der Waals surface area contributed by atoms with Gasteiger partial charge in [-0.3, -0.25) is 9.59 Å². The van der Waals surface area contributed by atoms with E-state index in [4.69, 9.17) is 4.74 Å². The van der Waals surface area contributed by atoms with Crippen LogP contribution in [0.1, 0.15) is 18.1 Å². The number of rotatable bonds is 3. The predicted molar refractivity (Wildman–Crippen MR) is 85.8 cm³/mol. The molecule has 0 radical (unpaired) electrons. The van der Waals surface area contributed by atoms with E-state index in [1.165, 1.54) is 11.1 Å². The van der Waals surface area contributed by atoms with E-state index in [1.54, 1.807) is 11.8 Å². The van der Waals surface area contributed by atoms with E-state index in [9.17, 15) is 9.59 Å². The number of hydrogen-bond acceptors (Lipinski definition) is 4. The third-order valence-corrected chi connectivity index (χ3v) is 4.45. The molecular weight excluding hydrogens is 294 g/mol. The van der Waals surface area contributed by atoms with Crippen LogP contribution in [0.2, 0.25) is 0 Å². The summed E-state index contributed by atoms with van der Waals surface area (Å²) in [5.74, 6) is -0.161. The summed E-state index contributed by atoms with van der Waals surface area (Å²) in [6, 6.07) is 7.32. The highest BCUT2D eigenvalue weighted by atomic mass is 16.5. The number of nitrogens with one attached hydrogen (secondary N) is 2. The minimum Gasteiger partial charge on any atom is -0.378 e. The molecule has 6 heteroatoms. The fraction of sp³-hybridized carbons (Fsp3) is 0.529. The highest BCUT2D eigenvalue weighted by Crippen LogP contribution is 2.16. The Labute approximate surface area is 136 Å². The van der Waals surface area contributed by atoms with Gasteiger partial charge in [-0.2, -0.15) is 0 Å². The second-order valence-corrected chi connectivity index (χ2v) is 6.07. The molecule has 0 spiro atoms. The zero-order valence-corrected chi connectivity index (χ0v) is 13.4. The van der Waals surface area contributed by atoms with Crippen LogP contribution in [0.5, 0.6) is 0 Å². The summed E-state index contributed by atoms with van der Waals surface area (Å²) in [5.41, 5.74) is 2.42. The van der Waals surface area contributed by atoms with Gasteiger partial charge in [-0.05, 0) is 24.5 Å². The Morgan fingerprint density at radius 2 is 1.96 bits per heavy atom. The van der Waals surface area contributed by atoms with Crippen molar-refractivity contribution in [2.45, 2.75) is 32.0 Å². The molecule has 2 heterocycles. The Morgan fingerprint density at radius 3 is 2.70 bits per heavy atom. The molecule has 2 aliphatic rings. The number of benzene rings is 1. The molecule has 2 N–H and O–H groups in total. The van der Waals surface area contributed by atoms with Crippen LogP contribution in [0.15, 0.2) is 24.3 Å². The lowest BCUT2D eigenvalue weighted by Crippen LogP contribution is -2.55. The van der Waals surface area contributed by atoms with Crippen molar-refractivity contribution >= 4 is 11.8 Å². The second kappa shape index (κ2) is 7.10. The summed E-state index contributed by atoms with van der Waals surface area (Å²) in [5, 5.41) is 6.09. The van der Waals surface area contributed by atoms with E-state index in [2.05, 4.69) is 22.8 Å². The number of hydrogen-bond donors (Lipinski definition) is 2. The number of carbonyl (C=O) groups is 2. The maximum atomic E-state index is 12.4. The van der Waals surface area contributed by atoms with Crippen molar-refractivity contribution in [3.05, 3.63) is 35.4 Å². The number of amides is 2. The Hall–Kier alpha value is -1.92. The van der Waals surface area contributed by atoms with Crippen molar-refractivity contribution in [2.24, 2.45) is 0 Å². The molecular formula is C17H23N3O3. The van der Waals surface area contributed by atoms with Crippen molar-refractivity contribution in [1.29, 1.82) is 0 Å². The molecule has 23 heavy (non-hydrogen) atoms. The standard InChI is InChI=1S/C17H23N3O3/c1-12(17(22)20-6-8-23-9-7-20)19-16(21)15-10-13-4-2-3-5-14(13)11-18-15/h2-5,12,15,18H,6-11H2,1H3,(H,19,21). The lowest BCUT2D eigenvalue weighted by atomic mass is 9.95.